The van der Waals surface area contributed by atoms with Crippen molar-refractivity contribution in [3.63, 3.8) is 0 Å². The van der Waals surface area contributed by atoms with Gasteiger partial charge >= 0.3 is 0 Å². The predicted octanol–water partition coefficient (Wildman–Crippen LogP) is 0.869. The minimum atomic E-state index is -3.30. The fourth-order valence-electron chi connectivity index (χ4n) is 3.23. The average molecular weight is 354 g/mol. The van der Waals surface area contributed by atoms with E-state index in [4.69, 9.17) is 0 Å². The van der Waals surface area contributed by atoms with Gasteiger partial charge in [-0.2, -0.15) is 4.31 Å². The number of hydrogen-bond acceptors (Lipinski definition) is 4. The molecular formula is C14H28ClN3O3S. The van der Waals surface area contributed by atoms with Crippen LogP contribution in [0.1, 0.15) is 46.0 Å². The van der Waals surface area contributed by atoms with Crippen LogP contribution in [0.4, 0.5) is 0 Å². The molecule has 0 aliphatic carbocycles. The molecule has 0 aromatic rings. The second-order valence-corrected chi connectivity index (χ2v) is 8.13. The Bertz CT molecular complexity index is 472. The maximum absolute atomic E-state index is 12.5. The van der Waals surface area contributed by atoms with Crippen molar-refractivity contribution in [2.75, 3.05) is 18.8 Å². The fraction of sp³-hybridized carbons (Fsp3) is 0.929. The van der Waals surface area contributed by atoms with Crippen molar-refractivity contribution < 1.29 is 13.2 Å². The summed E-state index contributed by atoms with van der Waals surface area (Å²) in [6.45, 7) is 5.36. The minimum absolute atomic E-state index is 0. The molecule has 0 saturated carbocycles. The predicted molar refractivity (Wildman–Crippen MR) is 89.7 cm³/mol. The first-order valence-electron chi connectivity index (χ1n) is 7.99. The standard InChI is InChI=1S/C14H27N3O3S.ClH/c1-3-10-21(19,20)17-9-5-7-13(17)14(18)16-12-6-4-8-15-11(12)2;/h11-13,15H,3-10H2,1-2H3,(H,16,18);1H. The molecule has 22 heavy (non-hydrogen) atoms. The molecule has 2 fully saturated rings. The first-order chi connectivity index (χ1) is 9.95. The summed E-state index contributed by atoms with van der Waals surface area (Å²) in [6, 6.07) is -0.178. The molecule has 130 valence electrons. The van der Waals surface area contributed by atoms with Gasteiger partial charge in [0.15, 0.2) is 0 Å². The van der Waals surface area contributed by atoms with Crippen molar-refractivity contribution in [2.24, 2.45) is 0 Å². The molecule has 6 nitrogen and oxygen atoms in total. The molecule has 3 unspecified atom stereocenters. The van der Waals surface area contributed by atoms with Crippen LogP contribution in [-0.2, 0) is 14.8 Å². The number of carbonyl (C=O) groups is 1. The third-order valence-corrected chi connectivity index (χ3v) is 6.49. The van der Waals surface area contributed by atoms with E-state index in [0.717, 1.165) is 25.8 Å². The van der Waals surface area contributed by atoms with Crippen LogP contribution in [0.2, 0.25) is 0 Å². The van der Waals surface area contributed by atoms with Gasteiger partial charge in [0.05, 0.1) is 5.75 Å². The number of halogens is 1. The van der Waals surface area contributed by atoms with Crippen LogP contribution in [-0.4, -0.2) is 55.6 Å². The average Bonchev–Trinajstić information content (AvgIpc) is 2.91. The third-order valence-electron chi connectivity index (χ3n) is 4.42. The number of rotatable bonds is 5. The summed E-state index contributed by atoms with van der Waals surface area (Å²) in [7, 11) is -3.30. The van der Waals surface area contributed by atoms with E-state index >= 15 is 0 Å². The van der Waals surface area contributed by atoms with Crippen LogP contribution in [0.15, 0.2) is 0 Å². The molecule has 2 aliphatic rings. The van der Waals surface area contributed by atoms with Gasteiger partial charge in [-0.3, -0.25) is 4.79 Å². The number of piperidine rings is 1. The van der Waals surface area contributed by atoms with E-state index in [1.807, 2.05) is 6.92 Å². The van der Waals surface area contributed by atoms with E-state index < -0.39 is 16.1 Å². The molecule has 0 aromatic heterocycles. The Hall–Kier alpha value is -0.370. The Balaban J connectivity index is 0.00000242. The lowest BCUT2D eigenvalue weighted by Gasteiger charge is -2.32. The van der Waals surface area contributed by atoms with Gasteiger partial charge in [-0.25, -0.2) is 8.42 Å². The summed E-state index contributed by atoms with van der Waals surface area (Å²) < 4.78 is 25.9. The van der Waals surface area contributed by atoms with Crippen LogP contribution in [0.5, 0.6) is 0 Å². The van der Waals surface area contributed by atoms with Crippen LogP contribution in [0.3, 0.4) is 0 Å². The quantitative estimate of drug-likeness (QED) is 0.768. The van der Waals surface area contributed by atoms with E-state index in [-0.39, 0.29) is 36.2 Å². The third kappa shape index (κ3) is 4.57. The van der Waals surface area contributed by atoms with Crippen LogP contribution >= 0.6 is 12.4 Å². The lowest BCUT2D eigenvalue weighted by molar-refractivity contribution is -0.125. The van der Waals surface area contributed by atoms with Gasteiger partial charge in [-0.1, -0.05) is 6.92 Å². The topological polar surface area (TPSA) is 78.5 Å². The monoisotopic (exact) mass is 353 g/mol. The van der Waals surface area contributed by atoms with Crippen molar-refractivity contribution in [3.8, 4) is 0 Å². The fourth-order valence-corrected chi connectivity index (χ4v) is 4.98. The van der Waals surface area contributed by atoms with E-state index in [2.05, 4.69) is 17.6 Å². The molecule has 2 N–H and O–H groups in total. The van der Waals surface area contributed by atoms with Gasteiger partial charge in [0.25, 0.3) is 0 Å². The van der Waals surface area contributed by atoms with Crippen molar-refractivity contribution in [2.45, 2.75) is 64.1 Å². The van der Waals surface area contributed by atoms with Crippen molar-refractivity contribution in [3.05, 3.63) is 0 Å². The summed E-state index contributed by atoms with van der Waals surface area (Å²) in [6.07, 6.45) is 3.96. The molecule has 2 aliphatic heterocycles. The molecule has 2 saturated heterocycles. The number of amides is 1. The zero-order valence-electron chi connectivity index (χ0n) is 13.4. The summed E-state index contributed by atoms with van der Waals surface area (Å²) >= 11 is 0. The smallest absolute Gasteiger partial charge is 0.238 e. The molecule has 0 bridgehead atoms. The van der Waals surface area contributed by atoms with E-state index in [0.29, 0.717) is 19.4 Å². The molecule has 1 amide bonds. The van der Waals surface area contributed by atoms with Crippen molar-refractivity contribution in [1.29, 1.82) is 0 Å². The Morgan fingerprint density at radius 1 is 1.32 bits per heavy atom. The number of carbonyl (C=O) groups excluding carboxylic acids is 1. The van der Waals surface area contributed by atoms with Crippen LogP contribution in [0.25, 0.3) is 0 Å². The van der Waals surface area contributed by atoms with Crippen LogP contribution in [0, 0.1) is 0 Å². The zero-order valence-corrected chi connectivity index (χ0v) is 15.0. The molecule has 3 atom stereocenters. The lowest BCUT2D eigenvalue weighted by atomic mass is 9.99. The molecule has 2 heterocycles. The minimum Gasteiger partial charge on any atom is -0.350 e. The van der Waals surface area contributed by atoms with Gasteiger partial charge in [-0.15, -0.1) is 12.4 Å². The summed E-state index contributed by atoms with van der Waals surface area (Å²) in [4.78, 5) is 12.5. The zero-order chi connectivity index (χ0) is 15.5. The van der Waals surface area contributed by atoms with Crippen molar-refractivity contribution in [1.82, 2.24) is 14.9 Å². The SMILES string of the molecule is CCCS(=O)(=O)N1CCCC1C(=O)NC1CCCNC1C.Cl. The summed E-state index contributed by atoms with van der Waals surface area (Å²) in [5.74, 6) is -0.00855. The second kappa shape index (κ2) is 8.47. The highest BCUT2D eigenvalue weighted by molar-refractivity contribution is 7.89. The highest BCUT2D eigenvalue weighted by Gasteiger charge is 2.39. The van der Waals surface area contributed by atoms with E-state index in [9.17, 15) is 13.2 Å². The normalized spacial score (nSPS) is 29.8. The largest absolute Gasteiger partial charge is 0.350 e. The molecule has 0 radical (unpaired) electrons. The number of nitrogens with zero attached hydrogens (tertiary/aromatic N) is 1. The Morgan fingerprint density at radius 2 is 2.05 bits per heavy atom. The highest BCUT2D eigenvalue weighted by atomic mass is 35.5. The Morgan fingerprint density at radius 3 is 2.68 bits per heavy atom. The van der Waals surface area contributed by atoms with Gasteiger partial charge < -0.3 is 10.6 Å². The molecule has 2 rings (SSSR count). The molecule has 8 heteroatoms. The maximum Gasteiger partial charge on any atom is 0.238 e. The van der Waals surface area contributed by atoms with Gasteiger partial charge in [0, 0.05) is 18.6 Å². The Labute approximate surface area is 139 Å². The Kier molecular flexibility index (Phi) is 7.58. The summed E-state index contributed by atoms with van der Waals surface area (Å²) in [5.41, 5.74) is 0. The van der Waals surface area contributed by atoms with Crippen molar-refractivity contribution >= 4 is 28.3 Å². The first-order valence-corrected chi connectivity index (χ1v) is 9.60. The van der Waals surface area contributed by atoms with Gasteiger partial charge in [0.2, 0.25) is 15.9 Å². The van der Waals surface area contributed by atoms with Gasteiger partial charge in [-0.05, 0) is 45.6 Å². The molecule has 0 spiro atoms. The highest BCUT2D eigenvalue weighted by Crippen LogP contribution is 2.22. The first kappa shape index (κ1) is 19.7. The van der Waals surface area contributed by atoms with E-state index in [1.165, 1.54) is 4.31 Å². The van der Waals surface area contributed by atoms with Gasteiger partial charge in [0.1, 0.15) is 6.04 Å². The maximum atomic E-state index is 12.5. The lowest BCUT2D eigenvalue weighted by Crippen LogP contribution is -2.56. The number of hydrogen-bond donors (Lipinski definition) is 2. The molecule has 0 aromatic carbocycles. The summed E-state index contributed by atoms with van der Waals surface area (Å²) in [5, 5.41) is 6.39. The second-order valence-electron chi connectivity index (χ2n) is 6.08. The molecular weight excluding hydrogens is 326 g/mol. The van der Waals surface area contributed by atoms with Crippen LogP contribution < -0.4 is 10.6 Å². The number of sulfonamides is 1. The van der Waals surface area contributed by atoms with E-state index in [1.54, 1.807) is 0 Å². The number of nitrogens with one attached hydrogen (secondary N) is 2.